The number of esters is 1. The van der Waals surface area contributed by atoms with Gasteiger partial charge in [0.1, 0.15) is 6.04 Å². The van der Waals surface area contributed by atoms with Crippen LogP contribution in [-0.4, -0.2) is 31.7 Å². The zero-order valence-corrected chi connectivity index (χ0v) is 10.1. The lowest BCUT2D eigenvalue weighted by Gasteiger charge is -2.21. The Hall–Kier alpha value is -1.52. The second-order valence-corrected chi connectivity index (χ2v) is 3.53. The maximum Gasteiger partial charge on any atom is 0.328 e. The van der Waals surface area contributed by atoms with Gasteiger partial charge in [0.25, 0.3) is 0 Å². The van der Waals surface area contributed by atoms with Gasteiger partial charge in [0.15, 0.2) is 0 Å². The molecule has 0 unspecified atom stereocenters. The number of carbonyl (C=O) groups is 2. The van der Waals surface area contributed by atoms with Crippen LogP contribution < -0.4 is 10.6 Å². The molecule has 2 amide bonds. The fourth-order valence-corrected chi connectivity index (χ4v) is 1.15. The number of hydrogen-bond acceptors (Lipinski definition) is 3. The van der Waals surface area contributed by atoms with Crippen LogP contribution in [0.2, 0.25) is 0 Å². The second kappa shape index (κ2) is 7.73. The van der Waals surface area contributed by atoms with Crippen molar-refractivity contribution in [2.75, 3.05) is 13.7 Å². The van der Waals surface area contributed by atoms with E-state index in [1.807, 2.05) is 13.8 Å². The van der Waals surface area contributed by atoms with Crippen molar-refractivity contribution in [1.29, 1.82) is 0 Å². The fraction of sp³-hybridized carbons (Fsp3) is 0.636. The van der Waals surface area contributed by atoms with E-state index in [1.165, 1.54) is 7.11 Å². The van der Waals surface area contributed by atoms with Crippen molar-refractivity contribution in [2.45, 2.75) is 26.3 Å². The summed E-state index contributed by atoms with van der Waals surface area (Å²) in [6.45, 7) is 7.67. The molecule has 0 bridgehead atoms. The average Bonchev–Trinajstić information content (AvgIpc) is 2.31. The molecule has 0 aliphatic carbocycles. The van der Waals surface area contributed by atoms with Gasteiger partial charge in [-0.15, -0.1) is 6.58 Å². The maximum absolute atomic E-state index is 11.4. The number of methoxy groups -OCH3 is 1. The molecule has 0 spiro atoms. The Balaban J connectivity index is 4.36. The van der Waals surface area contributed by atoms with Gasteiger partial charge < -0.3 is 15.4 Å². The Morgan fingerprint density at radius 3 is 2.56 bits per heavy atom. The van der Waals surface area contributed by atoms with Gasteiger partial charge >= 0.3 is 12.0 Å². The first-order valence-corrected chi connectivity index (χ1v) is 5.29. The molecule has 0 aromatic carbocycles. The van der Waals surface area contributed by atoms with Gasteiger partial charge in [-0.25, -0.2) is 9.59 Å². The molecule has 16 heavy (non-hydrogen) atoms. The highest BCUT2D eigenvalue weighted by Gasteiger charge is 2.26. The van der Waals surface area contributed by atoms with Crippen LogP contribution in [-0.2, 0) is 9.53 Å². The monoisotopic (exact) mass is 228 g/mol. The number of ether oxygens (including phenoxy) is 1. The first-order chi connectivity index (χ1) is 7.56. The minimum absolute atomic E-state index is 0.0296. The van der Waals surface area contributed by atoms with E-state index in [2.05, 4.69) is 21.9 Å². The quantitative estimate of drug-likeness (QED) is 0.527. The van der Waals surface area contributed by atoms with Crippen molar-refractivity contribution in [3.63, 3.8) is 0 Å². The second-order valence-electron chi connectivity index (χ2n) is 3.53. The molecular weight excluding hydrogens is 208 g/mol. The van der Waals surface area contributed by atoms with Crippen LogP contribution >= 0.6 is 0 Å². The summed E-state index contributed by atoms with van der Waals surface area (Å²) in [5.41, 5.74) is 0. The Morgan fingerprint density at radius 2 is 2.12 bits per heavy atom. The van der Waals surface area contributed by atoms with Gasteiger partial charge in [-0.1, -0.05) is 26.3 Å². The Labute approximate surface area is 96.2 Å². The third kappa shape index (κ3) is 4.82. The molecular formula is C11H20N2O3. The van der Waals surface area contributed by atoms with Crippen LogP contribution in [0.25, 0.3) is 0 Å². The molecule has 0 aromatic heterocycles. The van der Waals surface area contributed by atoms with Gasteiger partial charge in [-0.2, -0.15) is 0 Å². The number of amides is 2. The van der Waals surface area contributed by atoms with E-state index >= 15 is 0 Å². The Kier molecular flexibility index (Phi) is 7.00. The summed E-state index contributed by atoms with van der Waals surface area (Å²) in [6.07, 6.45) is 2.34. The molecule has 0 saturated heterocycles. The number of nitrogens with one attached hydrogen (secondary N) is 2. The molecule has 0 heterocycles. The highest BCUT2D eigenvalue weighted by molar-refractivity contribution is 5.83. The minimum Gasteiger partial charge on any atom is -0.467 e. The van der Waals surface area contributed by atoms with Crippen LogP contribution in [0.15, 0.2) is 12.7 Å². The van der Waals surface area contributed by atoms with E-state index in [9.17, 15) is 9.59 Å². The lowest BCUT2D eigenvalue weighted by Crippen LogP contribution is -2.49. The Bertz CT molecular complexity index is 254. The van der Waals surface area contributed by atoms with Crippen molar-refractivity contribution in [3.05, 3.63) is 12.7 Å². The lowest BCUT2D eigenvalue weighted by atomic mass is 9.99. The largest absolute Gasteiger partial charge is 0.467 e. The third-order valence-corrected chi connectivity index (χ3v) is 2.36. The minimum atomic E-state index is -0.611. The SMILES string of the molecule is C=CCNC(=O)N[C@H](C(=O)OC)[C@H](C)CC. The third-order valence-electron chi connectivity index (χ3n) is 2.36. The smallest absolute Gasteiger partial charge is 0.328 e. The zero-order valence-electron chi connectivity index (χ0n) is 10.1. The highest BCUT2D eigenvalue weighted by Crippen LogP contribution is 2.08. The van der Waals surface area contributed by atoms with E-state index in [1.54, 1.807) is 6.08 Å². The molecule has 0 aromatic rings. The van der Waals surface area contributed by atoms with Gasteiger partial charge in [0.05, 0.1) is 7.11 Å². The summed E-state index contributed by atoms with van der Waals surface area (Å²) < 4.78 is 4.64. The molecule has 0 radical (unpaired) electrons. The number of urea groups is 1. The summed E-state index contributed by atoms with van der Waals surface area (Å²) >= 11 is 0. The molecule has 92 valence electrons. The predicted octanol–water partition coefficient (Wildman–Crippen LogP) is 1.06. The van der Waals surface area contributed by atoms with Crippen LogP contribution in [0, 0.1) is 5.92 Å². The summed E-state index contributed by atoms with van der Waals surface area (Å²) in [4.78, 5) is 22.8. The van der Waals surface area contributed by atoms with Gasteiger partial charge in [0, 0.05) is 6.54 Å². The van der Waals surface area contributed by atoms with Crippen molar-refractivity contribution in [3.8, 4) is 0 Å². The molecule has 0 aliphatic heterocycles. The van der Waals surface area contributed by atoms with Crippen molar-refractivity contribution >= 4 is 12.0 Å². The van der Waals surface area contributed by atoms with E-state index in [4.69, 9.17) is 0 Å². The van der Waals surface area contributed by atoms with E-state index in [0.717, 1.165) is 6.42 Å². The molecule has 2 atom stereocenters. The van der Waals surface area contributed by atoms with Crippen molar-refractivity contribution in [1.82, 2.24) is 10.6 Å². The summed E-state index contributed by atoms with van der Waals surface area (Å²) in [7, 11) is 1.31. The van der Waals surface area contributed by atoms with E-state index < -0.39 is 18.0 Å². The van der Waals surface area contributed by atoms with Gasteiger partial charge in [0.2, 0.25) is 0 Å². The number of carbonyl (C=O) groups excluding carboxylic acids is 2. The van der Waals surface area contributed by atoms with Crippen molar-refractivity contribution in [2.24, 2.45) is 5.92 Å². The van der Waals surface area contributed by atoms with Crippen molar-refractivity contribution < 1.29 is 14.3 Å². The van der Waals surface area contributed by atoms with Gasteiger partial charge in [-0.3, -0.25) is 0 Å². The maximum atomic E-state index is 11.4. The molecule has 0 fully saturated rings. The lowest BCUT2D eigenvalue weighted by molar-refractivity contribution is -0.144. The van der Waals surface area contributed by atoms with Gasteiger partial charge in [-0.05, 0) is 5.92 Å². The topological polar surface area (TPSA) is 67.4 Å². The van der Waals surface area contributed by atoms with E-state index in [-0.39, 0.29) is 5.92 Å². The van der Waals surface area contributed by atoms with E-state index in [0.29, 0.717) is 6.54 Å². The average molecular weight is 228 g/mol. The van der Waals surface area contributed by atoms with Crippen LogP contribution in [0.1, 0.15) is 20.3 Å². The number of rotatable bonds is 6. The standard InChI is InChI=1S/C11H20N2O3/c1-5-7-12-11(15)13-9(8(3)6-2)10(14)16-4/h5,8-9H,1,6-7H2,2-4H3,(H2,12,13,15)/t8-,9+/m1/s1. The number of hydrogen-bond donors (Lipinski definition) is 2. The first-order valence-electron chi connectivity index (χ1n) is 5.29. The molecule has 2 N–H and O–H groups in total. The molecule has 0 rings (SSSR count). The predicted molar refractivity (Wildman–Crippen MR) is 62.0 cm³/mol. The molecule has 5 nitrogen and oxygen atoms in total. The van der Waals surface area contributed by atoms with Crippen LogP contribution in [0.5, 0.6) is 0 Å². The highest BCUT2D eigenvalue weighted by atomic mass is 16.5. The summed E-state index contributed by atoms with van der Waals surface area (Å²) in [5.74, 6) is -0.398. The fourth-order valence-electron chi connectivity index (χ4n) is 1.15. The molecule has 0 aliphatic rings. The summed E-state index contributed by atoms with van der Waals surface area (Å²) in [5, 5.41) is 5.13. The first kappa shape index (κ1) is 14.5. The Morgan fingerprint density at radius 1 is 1.50 bits per heavy atom. The molecule has 5 heteroatoms. The molecule has 0 saturated carbocycles. The van der Waals surface area contributed by atoms with Crippen LogP contribution in [0.3, 0.4) is 0 Å². The zero-order chi connectivity index (χ0) is 12.6. The summed E-state index contributed by atoms with van der Waals surface area (Å²) in [6, 6.07) is -1.00. The normalized spacial score (nSPS) is 13.4. The van der Waals surface area contributed by atoms with Crippen LogP contribution in [0.4, 0.5) is 4.79 Å².